The molecule has 0 unspecified atom stereocenters. The fraction of sp³-hybridized carbons (Fsp3) is 0.667. The van der Waals surface area contributed by atoms with Gasteiger partial charge in [-0.2, -0.15) is 0 Å². The molecule has 3 rings (SSSR count). The minimum atomic E-state index is -0.952. The largest absolute Gasteiger partial charge is 0.478 e. The number of methoxy groups -OCH3 is 1. The highest BCUT2D eigenvalue weighted by Gasteiger charge is 2.34. The summed E-state index contributed by atoms with van der Waals surface area (Å²) in [4.78, 5) is 25.9. The summed E-state index contributed by atoms with van der Waals surface area (Å²) in [6.07, 6.45) is 7.31. The first kappa shape index (κ1) is 23.7. The fourth-order valence-corrected chi connectivity index (χ4v) is 4.67. The van der Waals surface area contributed by atoms with Crippen molar-refractivity contribution in [1.82, 2.24) is 4.90 Å². The summed E-state index contributed by atoms with van der Waals surface area (Å²) in [5.74, 6) is -0.167. The van der Waals surface area contributed by atoms with E-state index in [9.17, 15) is 14.7 Å². The van der Waals surface area contributed by atoms with Crippen LogP contribution in [0.4, 0.5) is 0 Å². The van der Waals surface area contributed by atoms with E-state index in [0.717, 1.165) is 49.7 Å². The van der Waals surface area contributed by atoms with Gasteiger partial charge in [0.2, 0.25) is 5.91 Å². The van der Waals surface area contributed by atoms with Crippen LogP contribution in [0.25, 0.3) is 0 Å². The van der Waals surface area contributed by atoms with Gasteiger partial charge in [-0.15, -0.1) is 0 Å². The van der Waals surface area contributed by atoms with Gasteiger partial charge < -0.3 is 25.2 Å². The van der Waals surface area contributed by atoms with Crippen molar-refractivity contribution in [3.8, 4) is 0 Å². The van der Waals surface area contributed by atoms with Crippen LogP contribution in [0.2, 0.25) is 0 Å². The molecule has 3 N–H and O–H groups in total. The molecule has 1 atom stereocenters. The fourth-order valence-electron chi connectivity index (χ4n) is 4.67. The number of aromatic carboxylic acids is 1. The van der Waals surface area contributed by atoms with Crippen molar-refractivity contribution in [2.45, 2.75) is 70.2 Å². The molecule has 0 heterocycles. The first-order valence-electron chi connectivity index (χ1n) is 11.3. The smallest absolute Gasteiger partial charge is 0.335 e. The van der Waals surface area contributed by atoms with Gasteiger partial charge in [0.15, 0.2) is 0 Å². The van der Waals surface area contributed by atoms with Crippen LogP contribution in [-0.4, -0.2) is 54.7 Å². The minimum absolute atomic E-state index is 0.0922. The third-order valence-electron chi connectivity index (χ3n) is 6.89. The molecule has 2 fully saturated rings. The highest BCUT2D eigenvalue weighted by atomic mass is 16.5. The molecule has 0 bridgehead atoms. The molecule has 172 valence electrons. The number of amides is 1. The predicted octanol–water partition coefficient (Wildman–Crippen LogP) is 3.19. The number of ether oxygens (including phenoxy) is 2. The average Bonchev–Trinajstić information content (AvgIpc) is 2.72. The molecule has 0 radical (unpaired) electrons. The predicted molar refractivity (Wildman–Crippen MR) is 118 cm³/mol. The first-order valence-corrected chi connectivity index (χ1v) is 11.3. The van der Waals surface area contributed by atoms with Crippen LogP contribution in [0.5, 0.6) is 0 Å². The van der Waals surface area contributed by atoms with Crippen molar-refractivity contribution >= 4 is 11.9 Å². The quantitative estimate of drug-likeness (QED) is 0.589. The number of benzene rings is 1. The zero-order chi connectivity index (χ0) is 22.4. The lowest BCUT2D eigenvalue weighted by Crippen LogP contribution is -2.52. The number of likely N-dealkylation sites (N-methyl/N-ethyl adjacent to an activating group) is 1. The number of carbonyl (C=O) groups excluding carboxylic acids is 1. The molecular formula is C24H36N2O5. The molecule has 2 aliphatic rings. The van der Waals surface area contributed by atoms with E-state index in [2.05, 4.69) is 0 Å². The van der Waals surface area contributed by atoms with Crippen LogP contribution < -0.4 is 5.73 Å². The zero-order valence-electron chi connectivity index (χ0n) is 18.7. The normalized spacial score (nSPS) is 22.5. The van der Waals surface area contributed by atoms with Gasteiger partial charge in [-0.05, 0) is 80.0 Å². The maximum absolute atomic E-state index is 12.7. The number of carboxylic acid groups (broad SMARTS) is 1. The molecule has 1 aromatic rings. The van der Waals surface area contributed by atoms with E-state index in [1.165, 1.54) is 6.42 Å². The molecule has 1 aromatic carbocycles. The Balaban J connectivity index is 1.43. The summed E-state index contributed by atoms with van der Waals surface area (Å²) in [7, 11) is 3.48. The van der Waals surface area contributed by atoms with Crippen molar-refractivity contribution in [2.75, 3.05) is 20.8 Å². The topological polar surface area (TPSA) is 102 Å². The second-order valence-corrected chi connectivity index (χ2v) is 9.13. The van der Waals surface area contributed by atoms with E-state index in [1.807, 2.05) is 18.0 Å². The van der Waals surface area contributed by atoms with E-state index >= 15 is 0 Å². The summed E-state index contributed by atoms with van der Waals surface area (Å²) >= 11 is 0. The van der Waals surface area contributed by atoms with Crippen molar-refractivity contribution in [2.24, 2.45) is 17.6 Å². The number of hydrogen-bond donors (Lipinski definition) is 2. The molecule has 1 amide bonds. The van der Waals surface area contributed by atoms with E-state index in [4.69, 9.17) is 15.2 Å². The molecule has 31 heavy (non-hydrogen) atoms. The number of nitrogens with two attached hydrogens (primary N) is 1. The molecule has 0 spiro atoms. The van der Waals surface area contributed by atoms with Crippen LogP contribution in [0.15, 0.2) is 18.2 Å². The summed E-state index contributed by atoms with van der Waals surface area (Å²) in [6.45, 7) is 1.38. The number of hydrogen-bond acceptors (Lipinski definition) is 5. The van der Waals surface area contributed by atoms with Gasteiger partial charge in [-0.1, -0.05) is 6.07 Å². The Morgan fingerprint density at radius 2 is 1.74 bits per heavy atom. The van der Waals surface area contributed by atoms with Gasteiger partial charge in [0.05, 0.1) is 24.8 Å². The van der Waals surface area contributed by atoms with Crippen molar-refractivity contribution in [3.05, 3.63) is 34.9 Å². The monoisotopic (exact) mass is 432 g/mol. The Kier molecular flexibility index (Phi) is 8.46. The maximum Gasteiger partial charge on any atom is 0.335 e. The Morgan fingerprint density at radius 3 is 2.29 bits per heavy atom. The molecule has 0 saturated heterocycles. The van der Waals surface area contributed by atoms with Crippen LogP contribution in [0.1, 0.15) is 66.4 Å². The van der Waals surface area contributed by atoms with Gasteiger partial charge in [0, 0.05) is 26.8 Å². The van der Waals surface area contributed by atoms with Crippen LogP contribution >= 0.6 is 0 Å². The highest BCUT2D eigenvalue weighted by molar-refractivity contribution is 5.88. The molecule has 7 nitrogen and oxygen atoms in total. The summed E-state index contributed by atoms with van der Waals surface area (Å²) in [5, 5.41) is 9.30. The second kappa shape index (κ2) is 11.1. The Labute approximate surface area is 184 Å². The van der Waals surface area contributed by atoms with Crippen LogP contribution in [0, 0.1) is 11.8 Å². The standard InChI is InChI=1S/C24H36N2O5/c1-26(21-4-3-5-21)23(27)22(25)19-8-6-16(7-9-19)14-31-15-18-10-17(13-30-2)11-20(12-18)24(28)29/h10-12,16,19,21-22H,3-9,13-15,25H2,1-2H3,(H,28,29)/t16?,19?,22-/m0/s1. The van der Waals surface area contributed by atoms with Crippen LogP contribution in [0.3, 0.4) is 0 Å². The van der Waals surface area contributed by atoms with E-state index in [1.54, 1.807) is 19.2 Å². The highest BCUT2D eigenvalue weighted by Crippen LogP contribution is 2.32. The molecule has 2 aliphatic carbocycles. The molecule has 2 saturated carbocycles. The second-order valence-electron chi connectivity index (χ2n) is 9.13. The van der Waals surface area contributed by atoms with Gasteiger partial charge in [0.1, 0.15) is 0 Å². The molecule has 0 aliphatic heterocycles. The molecule has 7 heteroatoms. The Morgan fingerprint density at radius 1 is 1.10 bits per heavy atom. The lowest BCUT2D eigenvalue weighted by atomic mass is 9.78. The van der Waals surface area contributed by atoms with Gasteiger partial charge in [0.25, 0.3) is 0 Å². The Hall–Kier alpha value is -1.96. The number of carboxylic acids is 1. The van der Waals surface area contributed by atoms with E-state index in [0.29, 0.717) is 31.8 Å². The number of carbonyl (C=O) groups is 2. The first-order chi connectivity index (χ1) is 14.9. The van der Waals surface area contributed by atoms with Gasteiger partial charge >= 0.3 is 5.97 Å². The molecule has 0 aromatic heterocycles. The van der Waals surface area contributed by atoms with Crippen molar-refractivity contribution in [3.63, 3.8) is 0 Å². The number of nitrogens with zero attached hydrogens (tertiary/aromatic N) is 1. The van der Waals surface area contributed by atoms with Gasteiger partial charge in [-0.3, -0.25) is 4.79 Å². The SMILES string of the molecule is COCc1cc(COCC2CCC([C@H](N)C(=O)N(C)C3CCC3)CC2)cc(C(=O)O)c1. The lowest BCUT2D eigenvalue weighted by Gasteiger charge is -2.38. The van der Waals surface area contributed by atoms with Crippen molar-refractivity contribution < 1.29 is 24.2 Å². The minimum Gasteiger partial charge on any atom is -0.478 e. The van der Waals surface area contributed by atoms with E-state index < -0.39 is 12.0 Å². The third kappa shape index (κ3) is 6.28. The van der Waals surface area contributed by atoms with Gasteiger partial charge in [-0.25, -0.2) is 4.79 Å². The summed E-state index contributed by atoms with van der Waals surface area (Å²) in [5.41, 5.74) is 8.24. The van der Waals surface area contributed by atoms with Crippen molar-refractivity contribution in [1.29, 1.82) is 0 Å². The number of rotatable bonds is 10. The zero-order valence-corrected chi connectivity index (χ0v) is 18.7. The summed E-state index contributed by atoms with van der Waals surface area (Å²) in [6, 6.07) is 5.19. The lowest BCUT2D eigenvalue weighted by molar-refractivity contribution is -0.136. The maximum atomic E-state index is 12.7. The van der Waals surface area contributed by atoms with E-state index in [-0.39, 0.29) is 17.4 Å². The third-order valence-corrected chi connectivity index (χ3v) is 6.89. The molecular weight excluding hydrogens is 396 g/mol. The summed E-state index contributed by atoms with van der Waals surface area (Å²) < 4.78 is 11.1. The Bertz CT molecular complexity index is 756. The van der Waals surface area contributed by atoms with Crippen LogP contribution in [-0.2, 0) is 27.5 Å². The average molecular weight is 433 g/mol.